The van der Waals surface area contributed by atoms with Gasteiger partial charge in [0, 0.05) is 11.4 Å². The van der Waals surface area contributed by atoms with Crippen molar-refractivity contribution < 1.29 is 13.2 Å². The summed E-state index contributed by atoms with van der Waals surface area (Å²) in [5.41, 5.74) is 5.11. The van der Waals surface area contributed by atoms with Crippen LogP contribution in [-0.2, 0) is 12.7 Å². The molecule has 0 aliphatic heterocycles. The zero-order chi connectivity index (χ0) is 13.2. The molecule has 0 bridgehead atoms. The van der Waals surface area contributed by atoms with Crippen LogP contribution in [0.2, 0.25) is 0 Å². The first-order valence-electron chi connectivity index (χ1n) is 4.85. The SMILES string of the molecule is NCc1ccc(Sc2ncns2)c(C(F)(F)F)c1. The van der Waals surface area contributed by atoms with Crippen molar-refractivity contribution in [3.63, 3.8) is 0 Å². The molecule has 2 aromatic rings. The quantitative estimate of drug-likeness (QED) is 0.943. The summed E-state index contributed by atoms with van der Waals surface area (Å²) in [5, 5.41) is 0. The molecule has 0 fully saturated rings. The first-order chi connectivity index (χ1) is 8.50. The van der Waals surface area contributed by atoms with Gasteiger partial charge in [-0.05, 0) is 29.2 Å². The standard InChI is InChI=1S/C10H8F3N3S2/c11-10(12,13)7-3-6(4-14)1-2-8(7)17-9-15-5-16-18-9/h1-3,5H,4,14H2. The molecule has 1 aromatic heterocycles. The van der Waals surface area contributed by atoms with Crippen LogP contribution >= 0.6 is 23.3 Å². The van der Waals surface area contributed by atoms with Gasteiger partial charge in [-0.3, -0.25) is 0 Å². The van der Waals surface area contributed by atoms with Crippen molar-refractivity contribution in [2.24, 2.45) is 5.73 Å². The lowest BCUT2D eigenvalue weighted by atomic mass is 10.1. The predicted molar refractivity (Wildman–Crippen MR) is 63.4 cm³/mol. The fourth-order valence-electron chi connectivity index (χ4n) is 1.32. The van der Waals surface area contributed by atoms with E-state index < -0.39 is 11.7 Å². The average molecular weight is 291 g/mol. The summed E-state index contributed by atoms with van der Waals surface area (Å²) < 4.78 is 42.9. The van der Waals surface area contributed by atoms with Crippen LogP contribution in [0, 0.1) is 0 Å². The second-order valence-corrected chi connectivity index (χ2v) is 5.41. The summed E-state index contributed by atoms with van der Waals surface area (Å²) in [5.74, 6) is 0. The molecular formula is C10H8F3N3S2. The number of rotatable bonds is 3. The maximum absolute atomic E-state index is 12.9. The van der Waals surface area contributed by atoms with E-state index in [4.69, 9.17) is 5.73 Å². The van der Waals surface area contributed by atoms with Crippen LogP contribution in [0.1, 0.15) is 11.1 Å². The number of benzene rings is 1. The smallest absolute Gasteiger partial charge is 0.326 e. The molecule has 0 radical (unpaired) electrons. The van der Waals surface area contributed by atoms with E-state index >= 15 is 0 Å². The van der Waals surface area contributed by atoms with Gasteiger partial charge in [-0.15, -0.1) is 0 Å². The summed E-state index contributed by atoms with van der Waals surface area (Å²) in [6.45, 7) is 0.0762. The highest BCUT2D eigenvalue weighted by molar-refractivity contribution is 8.01. The molecule has 8 heteroatoms. The van der Waals surface area contributed by atoms with Gasteiger partial charge in [0.05, 0.1) is 5.56 Å². The van der Waals surface area contributed by atoms with Crippen LogP contribution in [0.15, 0.2) is 33.8 Å². The van der Waals surface area contributed by atoms with Gasteiger partial charge in [-0.1, -0.05) is 17.8 Å². The van der Waals surface area contributed by atoms with E-state index in [2.05, 4.69) is 9.36 Å². The Morgan fingerprint density at radius 2 is 2.11 bits per heavy atom. The number of nitrogens with two attached hydrogens (primary N) is 1. The third-order valence-electron chi connectivity index (χ3n) is 2.12. The third-order valence-corrected chi connectivity index (χ3v) is 3.91. The van der Waals surface area contributed by atoms with Crippen LogP contribution in [0.4, 0.5) is 13.2 Å². The zero-order valence-electron chi connectivity index (χ0n) is 8.94. The lowest BCUT2D eigenvalue weighted by Crippen LogP contribution is -2.08. The number of hydrogen-bond acceptors (Lipinski definition) is 5. The average Bonchev–Trinajstić information content (AvgIpc) is 2.81. The van der Waals surface area contributed by atoms with E-state index in [0.717, 1.165) is 29.4 Å². The van der Waals surface area contributed by atoms with Crippen LogP contribution in [0.25, 0.3) is 0 Å². The molecule has 2 rings (SSSR count). The number of nitrogens with zero attached hydrogens (tertiary/aromatic N) is 2. The maximum atomic E-state index is 12.9. The minimum absolute atomic E-state index is 0.0762. The number of alkyl halides is 3. The van der Waals surface area contributed by atoms with Crippen LogP contribution in [0.5, 0.6) is 0 Å². The minimum Gasteiger partial charge on any atom is -0.326 e. The van der Waals surface area contributed by atoms with E-state index in [1.807, 2.05) is 0 Å². The van der Waals surface area contributed by atoms with E-state index in [0.29, 0.717) is 9.90 Å². The van der Waals surface area contributed by atoms with Crippen molar-refractivity contribution >= 4 is 23.3 Å². The van der Waals surface area contributed by atoms with Gasteiger partial charge in [0.2, 0.25) is 0 Å². The lowest BCUT2D eigenvalue weighted by Gasteiger charge is -2.12. The molecule has 0 saturated carbocycles. The van der Waals surface area contributed by atoms with Crippen molar-refractivity contribution in [1.82, 2.24) is 9.36 Å². The van der Waals surface area contributed by atoms with E-state index in [9.17, 15) is 13.2 Å². The molecule has 0 atom stereocenters. The molecule has 0 unspecified atom stereocenters. The highest BCUT2D eigenvalue weighted by Crippen LogP contribution is 2.40. The summed E-state index contributed by atoms with van der Waals surface area (Å²) in [6, 6.07) is 4.07. The predicted octanol–water partition coefficient (Wildman–Crippen LogP) is 3.17. The topological polar surface area (TPSA) is 51.8 Å². The van der Waals surface area contributed by atoms with Crippen molar-refractivity contribution in [2.45, 2.75) is 22.0 Å². The Labute approximate surface area is 109 Å². The van der Waals surface area contributed by atoms with Crippen molar-refractivity contribution in [2.75, 3.05) is 0 Å². The summed E-state index contributed by atoms with van der Waals surface area (Å²) >= 11 is 2.01. The van der Waals surface area contributed by atoms with Gasteiger partial charge in [-0.2, -0.15) is 17.5 Å². The lowest BCUT2D eigenvalue weighted by molar-refractivity contribution is -0.139. The molecule has 18 heavy (non-hydrogen) atoms. The van der Waals surface area contributed by atoms with Crippen LogP contribution < -0.4 is 5.73 Å². The molecule has 0 spiro atoms. The Kier molecular flexibility index (Phi) is 3.88. The van der Waals surface area contributed by atoms with Crippen molar-refractivity contribution in [3.05, 3.63) is 35.7 Å². The molecule has 96 valence electrons. The summed E-state index contributed by atoms with van der Waals surface area (Å²) in [7, 11) is 0. The number of hydrogen-bond donors (Lipinski definition) is 1. The highest BCUT2D eigenvalue weighted by atomic mass is 32.2. The maximum Gasteiger partial charge on any atom is 0.417 e. The second kappa shape index (κ2) is 5.25. The van der Waals surface area contributed by atoms with E-state index in [-0.39, 0.29) is 11.4 Å². The highest BCUT2D eigenvalue weighted by Gasteiger charge is 2.34. The fourth-order valence-corrected chi connectivity index (χ4v) is 2.85. The first kappa shape index (κ1) is 13.3. The third kappa shape index (κ3) is 3.01. The molecule has 0 amide bonds. The number of halogens is 3. The molecule has 3 nitrogen and oxygen atoms in total. The second-order valence-electron chi connectivity index (χ2n) is 3.34. The van der Waals surface area contributed by atoms with E-state index in [1.54, 1.807) is 6.07 Å². The Hall–Kier alpha value is -1.12. The van der Waals surface area contributed by atoms with E-state index in [1.165, 1.54) is 12.4 Å². The van der Waals surface area contributed by atoms with Crippen molar-refractivity contribution in [1.29, 1.82) is 0 Å². The Bertz CT molecular complexity index is 526. The Morgan fingerprint density at radius 3 is 2.67 bits per heavy atom. The van der Waals surface area contributed by atoms with Crippen LogP contribution in [-0.4, -0.2) is 9.36 Å². The largest absolute Gasteiger partial charge is 0.417 e. The molecule has 1 heterocycles. The molecule has 0 saturated heterocycles. The van der Waals surface area contributed by atoms with Crippen LogP contribution in [0.3, 0.4) is 0 Å². The minimum atomic E-state index is -4.40. The molecule has 0 aliphatic carbocycles. The van der Waals surface area contributed by atoms with Gasteiger partial charge >= 0.3 is 6.18 Å². The van der Waals surface area contributed by atoms with Gasteiger partial charge < -0.3 is 5.73 Å². The normalized spacial score (nSPS) is 11.8. The van der Waals surface area contributed by atoms with Crippen molar-refractivity contribution in [3.8, 4) is 0 Å². The molecule has 0 aliphatic rings. The zero-order valence-corrected chi connectivity index (χ0v) is 10.6. The molecule has 2 N–H and O–H groups in total. The van der Waals surface area contributed by atoms with Gasteiger partial charge in [0.15, 0.2) is 4.34 Å². The molecular weight excluding hydrogens is 283 g/mol. The molecule has 1 aromatic carbocycles. The summed E-state index contributed by atoms with van der Waals surface area (Å²) in [4.78, 5) is 3.96. The monoisotopic (exact) mass is 291 g/mol. The number of aromatic nitrogens is 2. The van der Waals surface area contributed by atoms with Gasteiger partial charge in [-0.25, -0.2) is 4.98 Å². The first-order valence-corrected chi connectivity index (χ1v) is 6.44. The van der Waals surface area contributed by atoms with Gasteiger partial charge in [0.25, 0.3) is 0 Å². The van der Waals surface area contributed by atoms with Gasteiger partial charge in [0.1, 0.15) is 6.33 Å². The Balaban J connectivity index is 2.40. The Morgan fingerprint density at radius 1 is 1.33 bits per heavy atom. The summed E-state index contributed by atoms with van der Waals surface area (Å²) in [6.07, 6.45) is -3.09. The fraction of sp³-hybridized carbons (Fsp3) is 0.200.